The minimum absolute atomic E-state index is 0.189. The van der Waals surface area contributed by atoms with Crippen molar-refractivity contribution < 1.29 is 12.8 Å². The lowest BCUT2D eigenvalue weighted by Crippen LogP contribution is -2.40. The molecule has 1 heterocycles. The number of halogens is 4. The molecule has 0 radical (unpaired) electrons. The van der Waals surface area contributed by atoms with Gasteiger partial charge in [0, 0.05) is 17.9 Å². The van der Waals surface area contributed by atoms with Crippen LogP contribution in [0, 0.1) is 11.7 Å². The van der Waals surface area contributed by atoms with Crippen LogP contribution < -0.4 is 0 Å². The van der Waals surface area contributed by atoms with Crippen molar-refractivity contribution in [1.82, 2.24) is 4.31 Å². The molecular weight excluding hydrogens is 404 g/mol. The Morgan fingerprint density at radius 2 is 1.90 bits per heavy atom. The highest BCUT2D eigenvalue weighted by atomic mass is 79.9. The first-order valence-electron chi connectivity index (χ1n) is 6.53. The summed E-state index contributed by atoms with van der Waals surface area (Å²) in [7, 11) is -3.79. The highest BCUT2D eigenvalue weighted by Gasteiger charge is 2.33. The zero-order valence-corrected chi connectivity index (χ0v) is 15.2. The number of piperidine rings is 1. The third-order valence-electron chi connectivity index (χ3n) is 3.77. The van der Waals surface area contributed by atoms with Crippen molar-refractivity contribution in [2.24, 2.45) is 5.92 Å². The van der Waals surface area contributed by atoms with Gasteiger partial charge in [-0.25, -0.2) is 12.8 Å². The Morgan fingerprint density at radius 1 is 1.33 bits per heavy atom. The number of rotatable bonds is 3. The molecule has 1 aromatic carbocycles. The Kier molecular flexibility index (Phi) is 5.58. The Morgan fingerprint density at radius 3 is 2.43 bits per heavy atom. The maximum atomic E-state index is 13.7. The molecule has 3 nitrogen and oxygen atoms in total. The molecule has 1 saturated heterocycles. The number of nitrogens with zero attached hydrogens (tertiary/aromatic N) is 1. The zero-order chi connectivity index (χ0) is 15.8. The van der Waals surface area contributed by atoms with Crippen LogP contribution in [0.2, 0.25) is 10.0 Å². The van der Waals surface area contributed by atoms with Crippen LogP contribution in [0.25, 0.3) is 0 Å². The molecule has 0 N–H and O–H groups in total. The van der Waals surface area contributed by atoms with Gasteiger partial charge in [0.25, 0.3) is 0 Å². The lowest BCUT2D eigenvalue weighted by Gasteiger charge is -2.32. The van der Waals surface area contributed by atoms with Crippen molar-refractivity contribution in [3.8, 4) is 0 Å². The normalized spacial score (nSPS) is 19.7. The smallest absolute Gasteiger partial charge is 0.207 e. The van der Waals surface area contributed by atoms with E-state index < -0.39 is 20.9 Å². The van der Waals surface area contributed by atoms with E-state index in [0.717, 1.165) is 12.8 Å². The Labute approximate surface area is 142 Å². The van der Waals surface area contributed by atoms with Gasteiger partial charge in [0.15, 0.2) is 5.82 Å². The van der Waals surface area contributed by atoms with E-state index in [1.807, 2.05) is 0 Å². The van der Waals surface area contributed by atoms with Crippen molar-refractivity contribution in [3.63, 3.8) is 0 Å². The van der Waals surface area contributed by atoms with Gasteiger partial charge >= 0.3 is 0 Å². The molecule has 21 heavy (non-hydrogen) atoms. The Balaban J connectivity index is 2.26. The monoisotopic (exact) mass is 417 g/mol. The van der Waals surface area contributed by atoms with E-state index in [2.05, 4.69) is 22.9 Å². The van der Waals surface area contributed by atoms with Crippen LogP contribution in [0.15, 0.2) is 17.0 Å². The van der Waals surface area contributed by atoms with Crippen LogP contribution in [-0.4, -0.2) is 30.6 Å². The molecule has 0 saturated carbocycles. The molecule has 118 valence electrons. The predicted molar refractivity (Wildman–Crippen MR) is 86.3 cm³/mol. The third kappa shape index (κ3) is 3.55. The Bertz CT molecular complexity index is 631. The molecule has 0 spiro atoms. The topological polar surface area (TPSA) is 37.4 Å². The van der Waals surface area contributed by atoms with Gasteiger partial charge in [0.1, 0.15) is 4.90 Å². The fourth-order valence-corrected chi connectivity index (χ4v) is 5.14. The summed E-state index contributed by atoms with van der Waals surface area (Å²) in [6.45, 7) is 2.87. The standard InChI is InChI=1S/C13H15BrCl2FNO2S/c1-8(14)9-4-6-18(7-5-9)21(19,20)11-3-2-10(15)13(17)12(11)16/h2-3,8-9H,4-7H2,1H3. The molecule has 0 bridgehead atoms. The highest BCUT2D eigenvalue weighted by molar-refractivity contribution is 9.09. The van der Waals surface area contributed by atoms with Crippen molar-refractivity contribution in [1.29, 1.82) is 0 Å². The predicted octanol–water partition coefficient (Wildman–Crippen LogP) is 4.32. The van der Waals surface area contributed by atoms with Gasteiger partial charge in [0.05, 0.1) is 10.0 Å². The van der Waals surface area contributed by atoms with Gasteiger partial charge in [-0.05, 0) is 30.9 Å². The van der Waals surface area contributed by atoms with E-state index in [-0.39, 0.29) is 9.92 Å². The Hall–Kier alpha value is 0.120. The van der Waals surface area contributed by atoms with E-state index in [0.29, 0.717) is 23.8 Å². The molecule has 1 aliphatic heterocycles. The molecular formula is C13H15BrCl2FNO2S. The molecule has 2 rings (SSSR count). The maximum Gasteiger partial charge on any atom is 0.244 e. The number of hydrogen-bond donors (Lipinski definition) is 0. The number of benzene rings is 1. The van der Waals surface area contributed by atoms with E-state index in [4.69, 9.17) is 23.2 Å². The van der Waals surface area contributed by atoms with E-state index in [1.165, 1.54) is 16.4 Å². The van der Waals surface area contributed by atoms with E-state index in [1.54, 1.807) is 0 Å². The van der Waals surface area contributed by atoms with E-state index in [9.17, 15) is 12.8 Å². The van der Waals surface area contributed by atoms with Crippen molar-refractivity contribution in [2.75, 3.05) is 13.1 Å². The molecule has 0 aliphatic carbocycles. The second-order valence-electron chi connectivity index (χ2n) is 5.09. The summed E-state index contributed by atoms with van der Waals surface area (Å²) in [5.74, 6) is -0.461. The summed E-state index contributed by atoms with van der Waals surface area (Å²) >= 11 is 14.9. The van der Waals surface area contributed by atoms with Crippen molar-refractivity contribution in [2.45, 2.75) is 29.5 Å². The fraction of sp³-hybridized carbons (Fsp3) is 0.538. The summed E-state index contributed by atoms with van der Waals surface area (Å²) in [6.07, 6.45) is 1.53. The minimum atomic E-state index is -3.79. The summed E-state index contributed by atoms with van der Waals surface area (Å²) in [6, 6.07) is 2.46. The molecule has 1 atom stereocenters. The van der Waals surface area contributed by atoms with Crippen LogP contribution in [0.1, 0.15) is 19.8 Å². The van der Waals surface area contributed by atoms with Gasteiger partial charge in [-0.3, -0.25) is 0 Å². The largest absolute Gasteiger partial charge is 0.244 e. The van der Waals surface area contributed by atoms with Crippen LogP contribution in [0.5, 0.6) is 0 Å². The molecule has 1 aromatic rings. The van der Waals surface area contributed by atoms with Crippen molar-refractivity contribution >= 4 is 49.2 Å². The molecule has 1 unspecified atom stereocenters. The molecule has 1 fully saturated rings. The summed E-state index contributed by atoms with van der Waals surface area (Å²) in [4.78, 5) is 0.121. The van der Waals surface area contributed by atoms with Crippen LogP contribution in [0.3, 0.4) is 0 Å². The lowest BCUT2D eigenvalue weighted by atomic mass is 9.96. The van der Waals surface area contributed by atoms with Crippen LogP contribution in [0.4, 0.5) is 4.39 Å². The average Bonchev–Trinajstić information content (AvgIpc) is 2.44. The van der Waals surface area contributed by atoms with Gasteiger partial charge in [-0.1, -0.05) is 46.1 Å². The number of alkyl halides is 1. The summed E-state index contributed by atoms with van der Waals surface area (Å²) in [5.41, 5.74) is 0. The summed E-state index contributed by atoms with van der Waals surface area (Å²) in [5, 5.41) is -0.635. The van der Waals surface area contributed by atoms with Gasteiger partial charge < -0.3 is 0 Å². The first kappa shape index (κ1) is 17.5. The molecule has 0 aromatic heterocycles. The SMILES string of the molecule is CC(Br)C1CCN(S(=O)(=O)c2ccc(Cl)c(F)c2Cl)CC1. The fourth-order valence-electron chi connectivity index (χ4n) is 2.42. The second-order valence-corrected chi connectivity index (χ2v) is 9.23. The molecule has 8 heteroatoms. The van der Waals surface area contributed by atoms with Gasteiger partial charge in [0.2, 0.25) is 10.0 Å². The quantitative estimate of drug-likeness (QED) is 0.541. The molecule has 1 aliphatic rings. The van der Waals surface area contributed by atoms with Crippen LogP contribution >= 0.6 is 39.1 Å². The molecule has 0 amide bonds. The second kappa shape index (κ2) is 6.71. The number of hydrogen-bond acceptors (Lipinski definition) is 2. The first-order chi connectivity index (χ1) is 9.75. The summed E-state index contributed by atoms with van der Waals surface area (Å²) < 4.78 is 40.2. The zero-order valence-electron chi connectivity index (χ0n) is 11.3. The van der Waals surface area contributed by atoms with Gasteiger partial charge in [-0.2, -0.15) is 4.31 Å². The van der Waals surface area contributed by atoms with E-state index >= 15 is 0 Å². The minimum Gasteiger partial charge on any atom is -0.207 e. The lowest BCUT2D eigenvalue weighted by molar-refractivity contribution is 0.274. The van der Waals surface area contributed by atoms with Crippen molar-refractivity contribution in [3.05, 3.63) is 28.0 Å². The third-order valence-corrected chi connectivity index (χ3v) is 7.23. The number of sulfonamides is 1. The average molecular weight is 419 g/mol. The maximum absolute atomic E-state index is 13.7. The van der Waals surface area contributed by atoms with Gasteiger partial charge in [-0.15, -0.1) is 0 Å². The first-order valence-corrected chi connectivity index (χ1v) is 9.64. The highest BCUT2D eigenvalue weighted by Crippen LogP contribution is 2.33. The van der Waals surface area contributed by atoms with Crippen LogP contribution in [-0.2, 0) is 10.0 Å².